The van der Waals surface area contributed by atoms with E-state index in [2.05, 4.69) is 34.9 Å². The Bertz CT molecular complexity index is 656. The van der Waals surface area contributed by atoms with Crippen molar-refractivity contribution in [1.29, 1.82) is 0 Å². The summed E-state index contributed by atoms with van der Waals surface area (Å²) in [7, 11) is 1.66. The summed E-state index contributed by atoms with van der Waals surface area (Å²) in [6, 6.07) is 16.2. The van der Waals surface area contributed by atoms with E-state index in [1.807, 2.05) is 37.4 Å². The molecular formula is C20H26N2O2S. The quantitative estimate of drug-likeness (QED) is 0.694. The van der Waals surface area contributed by atoms with Gasteiger partial charge in [-0.3, -0.25) is 0 Å². The van der Waals surface area contributed by atoms with E-state index in [0.29, 0.717) is 6.54 Å². The number of ether oxygens (including phenoxy) is 1. The molecule has 0 radical (unpaired) electrons. The summed E-state index contributed by atoms with van der Waals surface area (Å²) in [5, 5.41) is 5.89. The Kier molecular flexibility index (Phi) is 7.67. The van der Waals surface area contributed by atoms with Gasteiger partial charge in [-0.25, -0.2) is 4.79 Å². The van der Waals surface area contributed by atoms with Crippen LogP contribution in [0.2, 0.25) is 0 Å². The lowest BCUT2D eigenvalue weighted by Crippen LogP contribution is -2.40. The van der Waals surface area contributed by atoms with Crippen molar-refractivity contribution in [3.05, 3.63) is 59.7 Å². The van der Waals surface area contributed by atoms with Crippen LogP contribution in [0, 0.1) is 0 Å². The van der Waals surface area contributed by atoms with Gasteiger partial charge in [0, 0.05) is 17.5 Å². The molecule has 2 aromatic carbocycles. The molecule has 0 saturated heterocycles. The highest BCUT2D eigenvalue weighted by Crippen LogP contribution is 2.15. The third kappa shape index (κ3) is 6.70. The highest BCUT2D eigenvalue weighted by molar-refractivity contribution is 7.98. The second-order valence-electron chi connectivity index (χ2n) is 5.96. The zero-order valence-electron chi connectivity index (χ0n) is 15.0. The zero-order chi connectivity index (χ0) is 18.1. The minimum Gasteiger partial charge on any atom is -0.497 e. The second kappa shape index (κ2) is 9.99. The van der Waals surface area contributed by atoms with Crippen molar-refractivity contribution in [3.8, 4) is 5.75 Å². The van der Waals surface area contributed by atoms with E-state index in [-0.39, 0.29) is 12.1 Å². The molecule has 2 N–H and O–H groups in total. The predicted octanol–water partition coefficient (Wildman–Crippen LogP) is 4.24. The van der Waals surface area contributed by atoms with Gasteiger partial charge in [0.1, 0.15) is 5.75 Å². The van der Waals surface area contributed by atoms with Crippen molar-refractivity contribution in [2.45, 2.75) is 37.2 Å². The molecule has 2 rings (SSSR count). The molecule has 0 heterocycles. The van der Waals surface area contributed by atoms with E-state index in [4.69, 9.17) is 4.74 Å². The molecule has 1 atom stereocenters. The van der Waals surface area contributed by atoms with Crippen molar-refractivity contribution in [1.82, 2.24) is 10.6 Å². The van der Waals surface area contributed by atoms with Gasteiger partial charge in [0.25, 0.3) is 0 Å². The van der Waals surface area contributed by atoms with Crippen molar-refractivity contribution in [3.63, 3.8) is 0 Å². The van der Waals surface area contributed by atoms with E-state index in [0.717, 1.165) is 24.2 Å². The Balaban J connectivity index is 1.69. The lowest BCUT2D eigenvalue weighted by Gasteiger charge is -2.15. The lowest BCUT2D eigenvalue weighted by atomic mass is 10.1. The van der Waals surface area contributed by atoms with Crippen LogP contribution in [0.4, 0.5) is 4.79 Å². The summed E-state index contributed by atoms with van der Waals surface area (Å²) in [5.41, 5.74) is 2.34. The van der Waals surface area contributed by atoms with Crippen molar-refractivity contribution < 1.29 is 9.53 Å². The standard InChI is InChI=1S/C20H26N2O2S/c1-15(4-5-16-6-10-18(24-2)11-7-16)22-20(23)21-14-17-8-12-19(25-3)13-9-17/h6-13,15H,4-5,14H2,1-3H3,(H2,21,22,23). The fourth-order valence-electron chi connectivity index (χ4n) is 2.45. The van der Waals surface area contributed by atoms with Crippen molar-refractivity contribution in [2.75, 3.05) is 13.4 Å². The highest BCUT2D eigenvalue weighted by atomic mass is 32.2. The van der Waals surface area contributed by atoms with Gasteiger partial charge in [-0.1, -0.05) is 24.3 Å². The summed E-state index contributed by atoms with van der Waals surface area (Å²) >= 11 is 1.71. The molecule has 25 heavy (non-hydrogen) atoms. The van der Waals surface area contributed by atoms with Gasteiger partial charge >= 0.3 is 6.03 Å². The number of carbonyl (C=O) groups is 1. The molecule has 2 aromatic rings. The first-order valence-corrected chi connectivity index (χ1v) is 9.63. The number of urea groups is 1. The van der Waals surface area contributed by atoms with Gasteiger partial charge in [-0.05, 0) is 61.4 Å². The smallest absolute Gasteiger partial charge is 0.315 e. The Morgan fingerprint density at radius 2 is 1.72 bits per heavy atom. The summed E-state index contributed by atoms with van der Waals surface area (Å²) in [4.78, 5) is 13.2. The van der Waals surface area contributed by atoms with Crippen molar-refractivity contribution in [2.24, 2.45) is 0 Å². The molecule has 0 fully saturated rings. The Hall–Kier alpha value is -2.14. The number of aryl methyl sites for hydroxylation is 1. The topological polar surface area (TPSA) is 50.4 Å². The number of hydrogen-bond donors (Lipinski definition) is 2. The normalized spacial score (nSPS) is 11.6. The number of nitrogens with one attached hydrogen (secondary N) is 2. The van der Waals surface area contributed by atoms with Gasteiger partial charge in [0.05, 0.1) is 7.11 Å². The van der Waals surface area contributed by atoms with Crippen LogP contribution in [0.5, 0.6) is 5.75 Å². The number of hydrogen-bond acceptors (Lipinski definition) is 3. The molecule has 2 amide bonds. The SMILES string of the molecule is COc1ccc(CCC(C)NC(=O)NCc2ccc(SC)cc2)cc1. The Morgan fingerprint density at radius 1 is 1.08 bits per heavy atom. The summed E-state index contributed by atoms with van der Waals surface area (Å²) in [6.07, 6.45) is 3.86. The Labute approximate surface area is 154 Å². The average Bonchev–Trinajstić information content (AvgIpc) is 2.65. The van der Waals surface area contributed by atoms with Gasteiger partial charge < -0.3 is 15.4 Å². The molecule has 4 nitrogen and oxygen atoms in total. The van der Waals surface area contributed by atoms with Crippen LogP contribution >= 0.6 is 11.8 Å². The molecule has 1 unspecified atom stereocenters. The first-order chi connectivity index (χ1) is 12.1. The van der Waals surface area contributed by atoms with Crippen LogP contribution in [0.15, 0.2) is 53.4 Å². The molecule has 0 aliphatic carbocycles. The highest BCUT2D eigenvalue weighted by Gasteiger charge is 2.07. The molecule has 0 aliphatic heterocycles. The number of amides is 2. The van der Waals surface area contributed by atoms with E-state index < -0.39 is 0 Å². The largest absolute Gasteiger partial charge is 0.497 e. The third-order valence-corrected chi connectivity index (χ3v) is 4.76. The van der Waals surface area contributed by atoms with Crippen LogP contribution < -0.4 is 15.4 Å². The molecule has 0 bridgehead atoms. The van der Waals surface area contributed by atoms with Crippen molar-refractivity contribution >= 4 is 17.8 Å². The van der Waals surface area contributed by atoms with Crippen LogP contribution in [-0.4, -0.2) is 25.4 Å². The maximum Gasteiger partial charge on any atom is 0.315 e. The van der Waals surface area contributed by atoms with Crippen LogP contribution in [0.25, 0.3) is 0 Å². The minimum atomic E-state index is -0.129. The monoisotopic (exact) mass is 358 g/mol. The van der Waals surface area contributed by atoms with Crippen LogP contribution in [-0.2, 0) is 13.0 Å². The molecule has 0 spiro atoms. The van der Waals surface area contributed by atoms with E-state index >= 15 is 0 Å². The zero-order valence-corrected chi connectivity index (χ0v) is 15.9. The van der Waals surface area contributed by atoms with E-state index in [9.17, 15) is 4.79 Å². The van der Waals surface area contributed by atoms with Crippen LogP contribution in [0.3, 0.4) is 0 Å². The first-order valence-electron chi connectivity index (χ1n) is 8.41. The summed E-state index contributed by atoms with van der Waals surface area (Å²) < 4.78 is 5.16. The second-order valence-corrected chi connectivity index (χ2v) is 6.84. The van der Waals surface area contributed by atoms with Gasteiger partial charge in [-0.15, -0.1) is 11.8 Å². The maximum absolute atomic E-state index is 12.0. The van der Waals surface area contributed by atoms with Gasteiger partial charge in [0.2, 0.25) is 0 Å². The molecular weight excluding hydrogens is 332 g/mol. The molecule has 0 saturated carbocycles. The average molecular weight is 359 g/mol. The molecule has 0 aliphatic rings. The minimum absolute atomic E-state index is 0.112. The molecule has 5 heteroatoms. The molecule has 134 valence electrons. The maximum atomic E-state index is 12.0. The summed E-state index contributed by atoms with van der Waals surface area (Å²) in [5.74, 6) is 0.861. The molecule has 0 aromatic heterocycles. The fraction of sp³-hybridized carbons (Fsp3) is 0.350. The fourth-order valence-corrected chi connectivity index (χ4v) is 2.86. The van der Waals surface area contributed by atoms with Crippen LogP contribution in [0.1, 0.15) is 24.5 Å². The van der Waals surface area contributed by atoms with E-state index in [1.54, 1.807) is 18.9 Å². The number of benzene rings is 2. The Morgan fingerprint density at radius 3 is 2.32 bits per heavy atom. The van der Waals surface area contributed by atoms with Gasteiger partial charge in [0.15, 0.2) is 0 Å². The number of rotatable bonds is 8. The third-order valence-electron chi connectivity index (χ3n) is 4.01. The number of carbonyl (C=O) groups excluding carboxylic acids is 1. The number of thioether (sulfide) groups is 1. The summed E-state index contributed by atoms with van der Waals surface area (Å²) in [6.45, 7) is 2.56. The van der Waals surface area contributed by atoms with E-state index in [1.165, 1.54) is 10.5 Å². The number of methoxy groups -OCH3 is 1. The predicted molar refractivity (Wildman–Crippen MR) is 104 cm³/mol. The van der Waals surface area contributed by atoms with Gasteiger partial charge in [-0.2, -0.15) is 0 Å². The first kappa shape index (κ1) is 19.2. The lowest BCUT2D eigenvalue weighted by molar-refractivity contribution is 0.237.